The van der Waals surface area contributed by atoms with Crippen LogP contribution in [0.25, 0.3) is 10.2 Å². The number of hydrogen-bond donors (Lipinski definition) is 1. The lowest BCUT2D eigenvalue weighted by atomic mass is 9.94. The van der Waals surface area contributed by atoms with Crippen LogP contribution in [0.3, 0.4) is 0 Å². The van der Waals surface area contributed by atoms with Crippen molar-refractivity contribution in [3.05, 3.63) is 40.8 Å². The number of hydroxylamine groups is 2. The molecule has 37 heavy (non-hydrogen) atoms. The van der Waals surface area contributed by atoms with Crippen molar-refractivity contribution in [2.24, 2.45) is 0 Å². The van der Waals surface area contributed by atoms with Gasteiger partial charge in [0.2, 0.25) is 0 Å². The van der Waals surface area contributed by atoms with Crippen molar-refractivity contribution in [1.82, 2.24) is 15.0 Å². The van der Waals surface area contributed by atoms with Gasteiger partial charge in [-0.1, -0.05) is 6.42 Å². The van der Waals surface area contributed by atoms with Gasteiger partial charge in [0.15, 0.2) is 0 Å². The second-order valence-electron chi connectivity index (χ2n) is 8.90. The molecule has 2 aliphatic rings. The van der Waals surface area contributed by atoms with Gasteiger partial charge in [-0.25, -0.2) is 19.2 Å². The summed E-state index contributed by atoms with van der Waals surface area (Å²) in [4.78, 5) is 50.9. The maximum absolute atomic E-state index is 14.2. The van der Waals surface area contributed by atoms with Gasteiger partial charge in [0, 0.05) is 26.0 Å². The van der Waals surface area contributed by atoms with E-state index in [9.17, 15) is 18.8 Å². The fourth-order valence-electron chi connectivity index (χ4n) is 4.60. The van der Waals surface area contributed by atoms with Crippen LogP contribution in [0.1, 0.15) is 53.8 Å². The van der Waals surface area contributed by atoms with E-state index in [4.69, 9.17) is 14.3 Å². The average molecular weight is 529 g/mol. The SMILES string of the molecule is CO[C@H]1CCCC[C@@H]1Oc1cc(F)ccc1Nc1ncnc2sc(C(=O)ON3C(=O)CCC3=O)c(C)c12. The van der Waals surface area contributed by atoms with Crippen LogP contribution in [-0.4, -0.2) is 52.1 Å². The Kier molecular flexibility index (Phi) is 7.02. The number of imide groups is 1. The zero-order valence-electron chi connectivity index (χ0n) is 20.3. The molecule has 0 radical (unpaired) electrons. The lowest BCUT2D eigenvalue weighted by Gasteiger charge is -2.31. The third kappa shape index (κ3) is 4.98. The molecule has 5 rings (SSSR count). The van der Waals surface area contributed by atoms with Gasteiger partial charge in [-0.05, 0) is 43.9 Å². The number of ether oxygens (including phenoxy) is 2. The summed E-state index contributed by atoms with van der Waals surface area (Å²) in [6.07, 6.45) is 4.76. The number of methoxy groups -OCH3 is 1. The van der Waals surface area contributed by atoms with Crippen LogP contribution in [0, 0.1) is 12.7 Å². The Morgan fingerprint density at radius 2 is 1.86 bits per heavy atom. The van der Waals surface area contributed by atoms with Crippen LogP contribution in [0.5, 0.6) is 5.75 Å². The molecule has 1 saturated heterocycles. The number of carbonyl (C=O) groups excluding carboxylic acids is 3. The lowest BCUT2D eigenvalue weighted by molar-refractivity contribution is -0.172. The van der Waals surface area contributed by atoms with E-state index in [1.807, 2.05) is 0 Å². The first-order valence-electron chi connectivity index (χ1n) is 11.9. The molecule has 0 unspecified atom stereocenters. The number of aromatic nitrogens is 2. The summed E-state index contributed by atoms with van der Waals surface area (Å²) in [5.74, 6) is -1.69. The number of carbonyl (C=O) groups is 3. The summed E-state index contributed by atoms with van der Waals surface area (Å²) in [5.41, 5.74) is 1.01. The van der Waals surface area contributed by atoms with Crippen LogP contribution in [-0.2, 0) is 19.2 Å². The molecule has 3 aromatic rings. The molecule has 1 aromatic carbocycles. The van der Waals surface area contributed by atoms with Crippen molar-refractivity contribution in [3.63, 3.8) is 0 Å². The van der Waals surface area contributed by atoms with Gasteiger partial charge in [0.1, 0.15) is 39.5 Å². The third-order valence-corrected chi connectivity index (χ3v) is 7.69. The van der Waals surface area contributed by atoms with Gasteiger partial charge < -0.3 is 19.6 Å². The molecule has 1 aliphatic heterocycles. The Morgan fingerprint density at radius 1 is 1.14 bits per heavy atom. The summed E-state index contributed by atoms with van der Waals surface area (Å²) >= 11 is 1.06. The molecule has 2 amide bonds. The van der Waals surface area contributed by atoms with Gasteiger partial charge in [0.05, 0.1) is 17.2 Å². The van der Waals surface area contributed by atoms with Crippen molar-refractivity contribution >= 4 is 50.8 Å². The molecule has 10 nitrogen and oxygen atoms in total. The summed E-state index contributed by atoms with van der Waals surface area (Å²) in [6, 6.07) is 4.19. The van der Waals surface area contributed by atoms with E-state index in [-0.39, 0.29) is 29.9 Å². The molecular weight excluding hydrogens is 503 g/mol. The number of nitrogens with one attached hydrogen (secondary N) is 1. The minimum atomic E-state index is -0.830. The molecule has 12 heteroatoms. The molecule has 1 aliphatic carbocycles. The highest BCUT2D eigenvalue weighted by Crippen LogP contribution is 2.38. The van der Waals surface area contributed by atoms with E-state index < -0.39 is 23.6 Å². The topological polar surface area (TPSA) is 120 Å². The Hall–Kier alpha value is -3.64. The minimum Gasteiger partial charge on any atom is -0.485 e. The van der Waals surface area contributed by atoms with Gasteiger partial charge in [-0.2, -0.15) is 0 Å². The summed E-state index contributed by atoms with van der Waals surface area (Å²) in [5, 5.41) is 4.27. The predicted octanol–water partition coefficient (Wildman–Crippen LogP) is 4.44. The Bertz CT molecular complexity index is 1360. The van der Waals surface area contributed by atoms with Crippen molar-refractivity contribution in [1.29, 1.82) is 0 Å². The van der Waals surface area contributed by atoms with Crippen LogP contribution in [0.2, 0.25) is 0 Å². The minimum absolute atomic E-state index is 0.00507. The molecule has 2 aromatic heterocycles. The fourth-order valence-corrected chi connectivity index (χ4v) is 5.62. The van der Waals surface area contributed by atoms with E-state index in [1.54, 1.807) is 20.1 Å². The van der Waals surface area contributed by atoms with Crippen molar-refractivity contribution in [2.75, 3.05) is 12.4 Å². The van der Waals surface area contributed by atoms with Crippen LogP contribution >= 0.6 is 11.3 Å². The molecule has 0 bridgehead atoms. The molecular formula is C25H25FN4O6S. The first kappa shape index (κ1) is 25.0. The summed E-state index contributed by atoms with van der Waals surface area (Å²) < 4.78 is 26.0. The van der Waals surface area contributed by atoms with E-state index in [0.29, 0.717) is 38.1 Å². The van der Waals surface area contributed by atoms with Crippen molar-refractivity contribution in [2.45, 2.75) is 57.7 Å². The Morgan fingerprint density at radius 3 is 2.59 bits per heavy atom. The largest absolute Gasteiger partial charge is 0.485 e. The van der Waals surface area contributed by atoms with Gasteiger partial charge in [0.25, 0.3) is 11.8 Å². The summed E-state index contributed by atoms with van der Waals surface area (Å²) in [7, 11) is 1.65. The maximum atomic E-state index is 14.2. The van der Waals surface area contributed by atoms with E-state index in [1.165, 1.54) is 18.5 Å². The van der Waals surface area contributed by atoms with E-state index >= 15 is 0 Å². The number of benzene rings is 1. The molecule has 2 atom stereocenters. The van der Waals surface area contributed by atoms with Crippen LogP contribution < -0.4 is 10.1 Å². The molecule has 194 valence electrons. The van der Waals surface area contributed by atoms with Crippen LogP contribution in [0.4, 0.5) is 15.9 Å². The fraction of sp³-hybridized carbons (Fsp3) is 0.400. The first-order chi connectivity index (χ1) is 17.9. The number of rotatable bonds is 7. The second kappa shape index (κ2) is 10.4. The number of thiophene rings is 1. The quantitative estimate of drug-likeness (QED) is 0.444. The summed E-state index contributed by atoms with van der Waals surface area (Å²) in [6.45, 7) is 1.70. The zero-order chi connectivity index (χ0) is 26.1. The maximum Gasteiger partial charge on any atom is 0.374 e. The van der Waals surface area contributed by atoms with Gasteiger partial charge in [-0.3, -0.25) is 9.59 Å². The predicted molar refractivity (Wildman–Crippen MR) is 132 cm³/mol. The smallest absolute Gasteiger partial charge is 0.374 e. The second-order valence-corrected chi connectivity index (χ2v) is 9.90. The zero-order valence-corrected chi connectivity index (χ0v) is 21.1. The number of amides is 2. The van der Waals surface area contributed by atoms with Gasteiger partial charge >= 0.3 is 5.97 Å². The van der Waals surface area contributed by atoms with E-state index in [0.717, 1.165) is 37.0 Å². The van der Waals surface area contributed by atoms with E-state index in [2.05, 4.69) is 15.3 Å². The number of nitrogens with zero attached hydrogens (tertiary/aromatic N) is 3. The highest BCUT2D eigenvalue weighted by atomic mass is 32.1. The molecule has 3 heterocycles. The molecule has 1 N–H and O–H groups in total. The average Bonchev–Trinajstić information content (AvgIpc) is 3.40. The monoisotopic (exact) mass is 528 g/mol. The number of fused-ring (bicyclic) bond motifs is 1. The molecule has 0 spiro atoms. The third-order valence-electron chi connectivity index (χ3n) is 6.51. The van der Waals surface area contributed by atoms with Crippen molar-refractivity contribution < 1.29 is 33.1 Å². The first-order valence-corrected chi connectivity index (χ1v) is 12.8. The number of anilines is 2. The van der Waals surface area contributed by atoms with Crippen molar-refractivity contribution in [3.8, 4) is 5.75 Å². The van der Waals surface area contributed by atoms with Gasteiger partial charge in [-0.15, -0.1) is 16.4 Å². The highest BCUT2D eigenvalue weighted by Gasteiger charge is 2.34. The van der Waals surface area contributed by atoms with Crippen LogP contribution in [0.15, 0.2) is 24.5 Å². The molecule has 2 fully saturated rings. The standard InChI is InChI=1S/C25H25FN4O6S/c1-13-21-23(27-12-28-24(21)37-22(13)25(33)36-30-19(31)9-10-20(30)32)29-15-8-7-14(26)11-18(15)35-17-6-4-3-5-16(17)34-2/h7-8,11-12,16-17H,3-6,9-10H2,1-2H3,(H,27,28,29)/t16-,17-/m0/s1. The lowest BCUT2D eigenvalue weighted by Crippen LogP contribution is -2.36. The number of halogens is 1. The Labute approximate surface area is 215 Å². The number of aryl methyl sites for hydroxylation is 1. The highest BCUT2D eigenvalue weighted by molar-refractivity contribution is 7.20. The Balaban J connectivity index is 1.44. The normalized spacial score (nSPS) is 19.9. The molecule has 1 saturated carbocycles. The number of hydrogen-bond acceptors (Lipinski definition) is 10.